The summed E-state index contributed by atoms with van der Waals surface area (Å²) in [6, 6.07) is 16.1. The van der Waals surface area contributed by atoms with Crippen molar-refractivity contribution in [3.63, 3.8) is 0 Å². The maximum Gasteiger partial charge on any atom is 0.234 e. The molecule has 28 heavy (non-hydrogen) atoms. The molecule has 1 heterocycles. The molecule has 0 aliphatic carbocycles. The van der Waals surface area contributed by atoms with Crippen molar-refractivity contribution in [2.24, 2.45) is 0 Å². The number of rotatable bonds is 8. The van der Waals surface area contributed by atoms with E-state index >= 15 is 0 Å². The van der Waals surface area contributed by atoms with Crippen LogP contribution in [0.3, 0.4) is 0 Å². The highest BCUT2D eigenvalue weighted by Gasteiger charge is 2.10. The third-order valence-corrected chi connectivity index (χ3v) is 6.71. The molecule has 2 aromatic carbocycles. The maximum absolute atomic E-state index is 12.2. The van der Waals surface area contributed by atoms with E-state index in [2.05, 4.69) is 46.8 Å². The molecule has 0 radical (unpaired) electrons. The lowest BCUT2D eigenvalue weighted by atomic mass is 10.0. The third-order valence-electron chi connectivity index (χ3n) is 3.94. The fraction of sp³-hybridized carbons (Fsp3) is 0.250. The predicted octanol–water partition coefficient (Wildman–Crippen LogP) is 5.86. The van der Waals surface area contributed by atoms with E-state index in [1.165, 1.54) is 28.7 Å². The molecule has 8 heteroatoms. The smallest absolute Gasteiger partial charge is 0.234 e. The number of carbonyl (C=O) groups excluding carboxylic acids is 1. The zero-order valence-electron chi connectivity index (χ0n) is 15.9. The third kappa shape index (κ3) is 5.73. The van der Waals surface area contributed by atoms with Gasteiger partial charge in [0.2, 0.25) is 11.0 Å². The summed E-state index contributed by atoms with van der Waals surface area (Å²) in [5.74, 6) is 0.744. The molecule has 0 unspecified atom stereocenters. The molecule has 1 aromatic heterocycles. The van der Waals surface area contributed by atoms with E-state index in [4.69, 9.17) is 0 Å². The van der Waals surface area contributed by atoms with Crippen molar-refractivity contribution in [1.29, 1.82) is 0 Å². The Morgan fingerprint density at radius 1 is 1.11 bits per heavy atom. The number of benzene rings is 2. The fourth-order valence-corrected chi connectivity index (χ4v) is 4.58. The lowest BCUT2D eigenvalue weighted by molar-refractivity contribution is -0.113. The van der Waals surface area contributed by atoms with E-state index in [1.54, 1.807) is 11.8 Å². The molecule has 1 amide bonds. The number of hydrogen-bond donors (Lipinski definition) is 2. The summed E-state index contributed by atoms with van der Waals surface area (Å²) >= 11 is 4.43. The van der Waals surface area contributed by atoms with E-state index in [0.717, 1.165) is 20.6 Å². The normalized spacial score (nSPS) is 10.9. The van der Waals surface area contributed by atoms with Gasteiger partial charge in [0.1, 0.15) is 0 Å². The summed E-state index contributed by atoms with van der Waals surface area (Å²) in [4.78, 5) is 13.3. The first-order valence-corrected chi connectivity index (χ1v) is 11.8. The van der Waals surface area contributed by atoms with Gasteiger partial charge in [-0.1, -0.05) is 61.2 Å². The van der Waals surface area contributed by atoms with E-state index in [-0.39, 0.29) is 5.91 Å². The molecule has 0 fully saturated rings. The predicted molar refractivity (Wildman–Crippen MR) is 121 cm³/mol. The number of hydrogen-bond acceptors (Lipinski definition) is 7. The van der Waals surface area contributed by atoms with Gasteiger partial charge in [-0.2, -0.15) is 0 Å². The first-order chi connectivity index (χ1) is 13.5. The van der Waals surface area contributed by atoms with Gasteiger partial charge in [-0.05, 0) is 42.0 Å². The Hall–Kier alpha value is -2.03. The Kier molecular flexibility index (Phi) is 7.36. The molecule has 5 nitrogen and oxygen atoms in total. The number of anilines is 3. The van der Waals surface area contributed by atoms with Crippen LogP contribution in [0.4, 0.5) is 16.5 Å². The van der Waals surface area contributed by atoms with E-state index in [9.17, 15) is 4.79 Å². The Labute approximate surface area is 177 Å². The summed E-state index contributed by atoms with van der Waals surface area (Å²) in [7, 11) is 0. The summed E-state index contributed by atoms with van der Waals surface area (Å²) < 4.78 is 0.759. The summed E-state index contributed by atoms with van der Waals surface area (Å²) in [5, 5.41) is 15.2. The lowest BCUT2D eigenvalue weighted by Crippen LogP contribution is -2.14. The highest BCUT2D eigenvalue weighted by atomic mass is 32.2. The number of carbonyl (C=O) groups is 1. The van der Waals surface area contributed by atoms with Crippen LogP contribution in [0.15, 0.2) is 57.8 Å². The molecule has 0 aliphatic rings. The Morgan fingerprint density at radius 2 is 1.86 bits per heavy atom. The number of amides is 1. The van der Waals surface area contributed by atoms with Crippen molar-refractivity contribution >= 4 is 57.3 Å². The second-order valence-electron chi connectivity index (χ2n) is 6.31. The van der Waals surface area contributed by atoms with Crippen molar-refractivity contribution in [2.75, 3.05) is 22.6 Å². The van der Waals surface area contributed by atoms with Crippen molar-refractivity contribution in [2.45, 2.75) is 29.0 Å². The number of nitrogens with one attached hydrogen (secondary N) is 2. The van der Waals surface area contributed by atoms with Gasteiger partial charge >= 0.3 is 0 Å². The van der Waals surface area contributed by atoms with Gasteiger partial charge in [0.15, 0.2) is 4.34 Å². The molecule has 3 aromatic rings. The van der Waals surface area contributed by atoms with Crippen molar-refractivity contribution in [1.82, 2.24) is 10.2 Å². The molecular formula is C20H22N4OS3. The van der Waals surface area contributed by atoms with Gasteiger partial charge < -0.3 is 10.6 Å². The Morgan fingerprint density at radius 3 is 2.57 bits per heavy atom. The van der Waals surface area contributed by atoms with Gasteiger partial charge in [0, 0.05) is 10.6 Å². The first-order valence-electron chi connectivity index (χ1n) is 8.81. The molecule has 2 N–H and O–H groups in total. The standard InChI is InChI=1S/C20H22N4OS3/c1-13(2)14-8-10-15(11-9-14)21-19-23-24-20(28-19)27-12-18(25)22-16-6-4-5-7-17(16)26-3/h4-11,13H,12H2,1-3H3,(H,21,23)(H,22,25). The minimum Gasteiger partial charge on any atom is -0.330 e. The molecular weight excluding hydrogens is 408 g/mol. The lowest BCUT2D eigenvalue weighted by Gasteiger charge is -2.08. The molecule has 0 saturated heterocycles. The average molecular weight is 431 g/mol. The Balaban J connectivity index is 1.52. The molecule has 0 spiro atoms. The van der Waals surface area contributed by atoms with Crippen LogP contribution >= 0.6 is 34.9 Å². The van der Waals surface area contributed by atoms with Crippen LogP contribution in [0, 0.1) is 0 Å². The fourth-order valence-electron chi connectivity index (χ4n) is 2.45. The van der Waals surface area contributed by atoms with E-state index in [1.807, 2.05) is 42.7 Å². The molecule has 3 rings (SSSR count). The van der Waals surface area contributed by atoms with Gasteiger partial charge in [-0.3, -0.25) is 4.79 Å². The van der Waals surface area contributed by atoms with E-state index < -0.39 is 0 Å². The average Bonchev–Trinajstić information content (AvgIpc) is 3.14. The maximum atomic E-state index is 12.2. The summed E-state index contributed by atoms with van der Waals surface area (Å²) in [6.45, 7) is 4.35. The van der Waals surface area contributed by atoms with Crippen LogP contribution in [0.25, 0.3) is 0 Å². The summed E-state index contributed by atoms with van der Waals surface area (Å²) in [6.07, 6.45) is 1.99. The zero-order chi connectivity index (χ0) is 19.9. The molecule has 0 saturated carbocycles. The van der Waals surface area contributed by atoms with E-state index in [0.29, 0.717) is 16.8 Å². The van der Waals surface area contributed by atoms with Gasteiger partial charge in [-0.15, -0.1) is 22.0 Å². The number of thioether (sulfide) groups is 2. The van der Waals surface area contributed by atoms with Crippen LogP contribution in [0.2, 0.25) is 0 Å². The van der Waals surface area contributed by atoms with Gasteiger partial charge in [0.05, 0.1) is 11.4 Å². The second-order valence-corrected chi connectivity index (χ2v) is 9.36. The molecule has 146 valence electrons. The van der Waals surface area contributed by atoms with Crippen molar-refractivity contribution in [3.05, 3.63) is 54.1 Å². The molecule has 0 bridgehead atoms. The van der Waals surface area contributed by atoms with Gasteiger partial charge in [-0.25, -0.2) is 0 Å². The SMILES string of the molecule is CSc1ccccc1NC(=O)CSc1nnc(Nc2ccc(C(C)C)cc2)s1. The Bertz CT molecular complexity index is 925. The van der Waals surface area contributed by atoms with Crippen LogP contribution < -0.4 is 10.6 Å². The van der Waals surface area contributed by atoms with Gasteiger partial charge in [0.25, 0.3) is 0 Å². The summed E-state index contributed by atoms with van der Waals surface area (Å²) in [5.41, 5.74) is 3.11. The van der Waals surface area contributed by atoms with Crippen LogP contribution in [-0.2, 0) is 4.79 Å². The number of aromatic nitrogens is 2. The number of nitrogens with zero attached hydrogens (tertiary/aromatic N) is 2. The van der Waals surface area contributed by atoms with Crippen molar-refractivity contribution in [3.8, 4) is 0 Å². The second kappa shape index (κ2) is 9.95. The van der Waals surface area contributed by atoms with Crippen LogP contribution in [0.1, 0.15) is 25.3 Å². The first kappa shape index (κ1) is 20.7. The minimum atomic E-state index is -0.0551. The van der Waals surface area contributed by atoms with Crippen LogP contribution in [0.5, 0.6) is 0 Å². The number of para-hydroxylation sites is 1. The monoisotopic (exact) mass is 430 g/mol. The molecule has 0 aliphatic heterocycles. The van der Waals surface area contributed by atoms with Crippen LogP contribution in [-0.4, -0.2) is 28.1 Å². The highest BCUT2D eigenvalue weighted by molar-refractivity contribution is 8.01. The largest absolute Gasteiger partial charge is 0.330 e. The zero-order valence-corrected chi connectivity index (χ0v) is 18.4. The minimum absolute atomic E-state index is 0.0551. The highest BCUT2D eigenvalue weighted by Crippen LogP contribution is 2.29. The van der Waals surface area contributed by atoms with Crippen molar-refractivity contribution < 1.29 is 4.79 Å². The topological polar surface area (TPSA) is 66.9 Å². The molecule has 0 atom stereocenters. The quantitative estimate of drug-likeness (QED) is 0.437.